The number of nitrogens with zero attached hydrogens (tertiary/aromatic N) is 1. The van der Waals surface area contributed by atoms with Gasteiger partial charge in [-0.25, -0.2) is 9.37 Å². The molecule has 1 N–H and O–H groups in total. The lowest BCUT2D eigenvalue weighted by atomic mass is 10.1. The lowest BCUT2D eigenvalue weighted by Gasteiger charge is -2.16. The number of hydrogen-bond acceptors (Lipinski definition) is 3. The first kappa shape index (κ1) is 14.3. The average molecular weight is 297 g/mol. The smallest absolute Gasteiger partial charge is 0.129 e. The molecular formula is C14H14ClFN2S. The topological polar surface area (TPSA) is 24.9 Å². The Morgan fingerprint density at radius 2 is 2.11 bits per heavy atom. The molecule has 5 heteroatoms. The van der Waals surface area contributed by atoms with Crippen molar-refractivity contribution in [2.24, 2.45) is 0 Å². The van der Waals surface area contributed by atoms with Gasteiger partial charge in [0.25, 0.3) is 0 Å². The summed E-state index contributed by atoms with van der Waals surface area (Å²) in [7, 11) is 1.80. The summed E-state index contributed by atoms with van der Waals surface area (Å²) in [5.74, 6) is -0.223. The van der Waals surface area contributed by atoms with Gasteiger partial charge in [0.15, 0.2) is 0 Å². The van der Waals surface area contributed by atoms with Gasteiger partial charge in [-0.3, -0.25) is 0 Å². The zero-order chi connectivity index (χ0) is 13.8. The fourth-order valence-electron chi connectivity index (χ4n) is 1.72. The zero-order valence-electron chi connectivity index (χ0n) is 10.7. The molecule has 0 saturated carbocycles. The molecule has 0 aliphatic rings. The van der Waals surface area contributed by atoms with Crippen molar-refractivity contribution < 1.29 is 4.39 Å². The van der Waals surface area contributed by atoms with E-state index >= 15 is 0 Å². The first-order chi connectivity index (χ1) is 9.13. The van der Waals surface area contributed by atoms with Gasteiger partial charge < -0.3 is 5.32 Å². The molecule has 0 bridgehead atoms. The number of rotatable bonds is 4. The first-order valence-corrected chi connectivity index (χ1v) is 7.07. The molecular weight excluding hydrogens is 283 g/mol. The highest BCUT2D eigenvalue weighted by atomic mass is 35.5. The number of nitrogens with one attached hydrogen (secondary N) is 1. The van der Waals surface area contributed by atoms with Crippen LogP contribution in [0.2, 0.25) is 5.02 Å². The molecule has 0 spiro atoms. The predicted octanol–water partition coefficient (Wildman–Crippen LogP) is 4.31. The fraction of sp³-hybridized carbons (Fsp3) is 0.214. The molecule has 0 aliphatic carbocycles. The highest BCUT2D eigenvalue weighted by molar-refractivity contribution is 7.99. The molecule has 2 nitrogen and oxygen atoms in total. The number of pyridine rings is 1. The molecule has 100 valence electrons. The van der Waals surface area contributed by atoms with E-state index in [4.69, 9.17) is 11.6 Å². The van der Waals surface area contributed by atoms with Crippen molar-refractivity contribution in [3.05, 3.63) is 52.9 Å². The van der Waals surface area contributed by atoms with Gasteiger partial charge >= 0.3 is 0 Å². The van der Waals surface area contributed by atoms with Crippen LogP contribution in [-0.2, 0) is 0 Å². The van der Waals surface area contributed by atoms with E-state index in [1.165, 1.54) is 17.8 Å². The minimum absolute atomic E-state index is 0.0776. The fourth-order valence-corrected chi connectivity index (χ4v) is 2.98. The molecule has 0 fully saturated rings. The maximum atomic E-state index is 14.0. The second kappa shape index (κ2) is 6.37. The maximum Gasteiger partial charge on any atom is 0.129 e. The molecule has 1 heterocycles. The quantitative estimate of drug-likeness (QED) is 0.910. The van der Waals surface area contributed by atoms with Crippen molar-refractivity contribution >= 4 is 23.4 Å². The minimum atomic E-state index is -0.223. The molecule has 0 radical (unpaired) electrons. The number of aromatic nitrogens is 1. The van der Waals surface area contributed by atoms with Crippen LogP contribution < -0.4 is 5.32 Å². The highest BCUT2D eigenvalue weighted by Gasteiger charge is 2.16. The standard InChI is InChI=1S/C14H14ClFN2S/c1-9(17-2)13-11(16)6-3-7-12(13)19-14-10(15)5-4-8-18-14/h3-9,17H,1-2H3. The lowest BCUT2D eigenvalue weighted by molar-refractivity contribution is 0.552. The van der Waals surface area contributed by atoms with Gasteiger partial charge in [0, 0.05) is 22.7 Å². The monoisotopic (exact) mass is 296 g/mol. The SMILES string of the molecule is CNC(C)c1c(F)cccc1Sc1ncccc1Cl. The molecule has 19 heavy (non-hydrogen) atoms. The van der Waals surface area contributed by atoms with Crippen LogP contribution in [0, 0.1) is 5.82 Å². The molecule has 0 aliphatic heterocycles. The summed E-state index contributed by atoms with van der Waals surface area (Å²) in [6.07, 6.45) is 1.68. The van der Waals surface area contributed by atoms with Gasteiger partial charge in [0.2, 0.25) is 0 Å². The van der Waals surface area contributed by atoms with E-state index in [-0.39, 0.29) is 11.9 Å². The summed E-state index contributed by atoms with van der Waals surface area (Å²) in [5, 5.41) is 4.31. The number of halogens is 2. The van der Waals surface area contributed by atoms with Crippen LogP contribution >= 0.6 is 23.4 Å². The highest BCUT2D eigenvalue weighted by Crippen LogP contribution is 2.36. The Kier molecular flexibility index (Phi) is 4.80. The molecule has 2 aromatic rings. The van der Waals surface area contributed by atoms with Crippen LogP contribution in [-0.4, -0.2) is 12.0 Å². The van der Waals surface area contributed by atoms with E-state index in [0.717, 1.165) is 4.90 Å². The Hall–Kier alpha value is -1.10. The van der Waals surface area contributed by atoms with Crippen molar-refractivity contribution in [3.63, 3.8) is 0 Å². The molecule has 0 saturated heterocycles. The Labute approximate surface area is 121 Å². The maximum absolute atomic E-state index is 14.0. The Morgan fingerprint density at radius 1 is 1.32 bits per heavy atom. The van der Waals surface area contributed by atoms with Gasteiger partial charge in [-0.2, -0.15) is 0 Å². The summed E-state index contributed by atoms with van der Waals surface area (Å²) in [6.45, 7) is 1.92. The summed E-state index contributed by atoms with van der Waals surface area (Å²) in [4.78, 5) is 5.04. The number of hydrogen-bond donors (Lipinski definition) is 1. The summed E-state index contributed by atoms with van der Waals surface area (Å²) in [6, 6.07) is 8.51. The molecule has 1 unspecified atom stereocenters. The minimum Gasteiger partial charge on any atom is -0.313 e. The van der Waals surface area contributed by atoms with Gasteiger partial charge in [-0.1, -0.05) is 29.4 Å². The lowest BCUT2D eigenvalue weighted by Crippen LogP contribution is -2.15. The summed E-state index contributed by atoms with van der Waals surface area (Å²) in [5.41, 5.74) is 0.636. The molecule has 1 aromatic carbocycles. The van der Waals surface area contributed by atoms with E-state index in [1.54, 1.807) is 31.4 Å². The second-order valence-corrected chi connectivity index (χ2v) is 5.49. The van der Waals surface area contributed by atoms with Gasteiger partial charge in [-0.15, -0.1) is 0 Å². The van der Waals surface area contributed by atoms with Crippen LogP contribution in [0.3, 0.4) is 0 Å². The largest absolute Gasteiger partial charge is 0.313 e. The van der Waals surface area contributed by atoms with E-state index in [1.807, 2.05) is 13.0 Å². The van der Waals surface area contributed by atoms with Gasteiger partial charge in [0.1, 0.15) is 10.8 Å². The van der Waals surface area contributed by atoms with Crippen molar-refractivity contribution in [1.29, 1.82) is 0 Å². The average Bonchev–Trinajstić information content (AvgIpc) is 2.41. The van der Waals surface area contributed by atoms with Crippen molar-refractivity contribution in [3.8, 4) is 0 Å². The molecule has 1 aromatic heterocycles. The van der Waals surface area contributed by atoms with Gasteiger partial charge in [0.05, 0.1) is 5.02 Å². The Morgan fingerprint density at radius 3 is 2.79 bits per heavy atom. The molecule has 1 atom stereocenters. The molecule has 0 amide bonds. The van der Waals surface area contributed by atoms with E-state index in [9.17, 15) is 4.39 Å². The van der Waals surface area contributed by atoms with Crippen molar-refractivity contribution in [2.45, 2.75) is 22.9 Å². The van der Waals surface area contributed by atoms with Crippen molar-refractivity contribution in [2.75, 3.05) is 7.05 Å². The third kappa shape index (κ3) is 3.26. The van der Waals surface area contributed by atoms with Crippen LogP contribution in [0.1, 0.15) is 18.5 Å². The first-order valence-electron chi connectivity index (χ1n) is 5.87. The van der Waals surface area contributed by atoms with Crippen LogP contribution in [0.4, 0.5) is 4.39 Å². The normalized spacial score (nSPS) is 12.4. The summed E-state index contributed by atoms with van der Waals surface area (Å²) < 4.78 is 14.0. The predicted molar refractivity (Wildman–Crippen MR) is 77.2 cm³/mol. The number of benzene rings is 1. The third-order valence-electron chi connectivity index (χ3n) is 2.81. The summed E-state index contributed by atoms with van der Waals surface area (Å²) >= 11 is 7.46. The Bertz CT molecular complexity index is 577. The van der Waals surface area contributed by atoms with E-state index in [2.05, 4.69) is 10.3 Å². The zero-order valence-corrected chi connectivity index (χ0v) is 12.2. The Balaban J connectivity index is 2.40. The molecule has 2 rings (SSSR count). The third-order valence-corrected chi connectivity index (χ3v) is 4.32. The van der Waals surface area contributed by atoms with Crippen LogP contribution in [0.25, 0.3) is 0 Å². The van der Waals surface area contributed by atoms with Gasteiger partial charge in [-0.05, 0) is 38.2 Å². The van der Waals surface area contributed by atoms with E-state index in [0.29, 0.717) is 15.6 Å². The van der Waals surface area contributed by atoms with E-state index < -0.39 is 0 Å². The second-order valence-electron chi connectivity index (χ2n) is 4.05. The van der Waals surface area contributed by atoms with Crippen LogP contribution in [0.5, 0.6) is 0 Å². The van der Waals surface area contributed by atoms with Crippen molar-refractivity contribution in [1.82, 2.24) is 10.3 Å². The van der Waals surface area contributed by atoms with Crippen LogP contribution in [0.15, 0.2) is 46.5 Å².